The summed E-state index contributed by atoms with van der Waals surface area (Å²) in [5, 5.41) is 5.93. The lowest BCUT2D eigenvalue weighted by Gasteiger charge is -2.08. The fourth-order valence-electron chi connectivity index (χ4n) is 1.95. The van der Waals surface area contributed by atoms with Crippen LogP contribution in [0.2, 0.25) is 0 Å². The Bertz CT molecular complexity index is 584. The van der Waals surface area contributed by atoms with E-state index >= 15 is 0 Å². The first-order valence-electron chi connectivity index (χ1n) is 5.98. The topological polar surface area (TPSA) is 50.4 Å². The number of hydrogen-bond donors (Lipinski definition) is 2. The number of carbonyl (C=O) groups excluding carboxylic acids is 1. The van der Waals surface area contributed by atoms with Gasteiger partial charge >= 0.3 is 0 Å². The van der Waals surface area contributed by atoms with Crippen molar-refractivity contribution < 1.29 is 9.53 Å². The molecule has 4 nitrogen and oxygen atoms in total. The first-order chi connectivity index (χ1) is 9.22. The van der Waals surface area contributed by atoms with Crippen LogP contribution in [0, 0.1) is 0 Å². The minimum Gasteiger partial charge on any atom is -0.491 e. The summed E-state index contributed by atoms with van der Waals surface area (Å²) in [7, 11) is 0. The van der Waals surface area contributed by atoms with Crippen molar-refractivity contribution in [2.24, 2.45) is 0 Å². The number of rotatable bonds is 1. The van der Waals surface area contributed by atoms with Crippen LogP contribution in [0.15, 0.2) is 23.1 Å². The third-order valence-corrected chi connectivity index (χ3v) is 4.00. The monoisotopic (exact) mass is 292 g/mol. The quantitative estimate of drug-likeness (QED) is 0.615. The first-order valence-corrected chi connectivity index (χ1v) is 7.20. The summed E-state index contributed by atoms with van der Waals surface area (Å²) in [4.78, 5) is 12.2. The van der Waals surface area contributed by atoms with Gasteiger partial charge in [0, 0.05) is 6.54 Å². The molecular formula is C13H12N2O2S2. The number of nitrogens with one attached hydrogen (secondary N) is 2. The highest BCUT2D eigenvalue weighted by molar-refractivity contribution is 8.26. The van der Waals surface area contributed by atoms with Crippen molar-refractivity contribution in [3.63, 3.8) is 0 Å². The molecule has 0 aromatic heterocycles. The Morgan fingerprint density at radius 1 is 1.42 bits per heavy atom. The van der Waals surface area contributed by atoms with Crippen LogP contribution in [0.25, 0.3) is 6.08 Å². The second-order valence-corrected chi connectivity index (χ2v) is 5.96. The number of amides is 1. The molecule has 0 spiro atoms. The SMILES string of the molecule is O=C1NC(=S)SC1=Cc1ccc2c(c1)NCCCO2. The minimum atomic E-state index is -0.130. The Balaban J connectivity index is 1.90. The third kappa shape index (κ3) is 2.74. The van der Waals surface area contributed by atoms with E-state index in [2.05, 4.69) is 10.6 Å². The molecule has 0 aliphatic carbocycles. The van der Waals surface area contributed by atoms with E-state index in [1.54, 1.807) is 0 Å². The number of thiocarbonyl (C=S) groups is 1. The summed E-state index contributed by atoms with van der Waals surface area (Å²) in [6.45, 7) is 1.62. The molecule has 19 heavy (non-hydrogen) atoms. The van der Waals surface area contributed by atoms with Crippen LogP contribution in [-0.4, -0.2) is 23.4 Å². The molecule has 1 saturated heterocycles. The van der Waals surface area contributed by atoms with Gasteiger partial charge in [0.15, 0.2) is 0 Å². The number of thioether (sulfide) groups is 1. The zero-order chi connectivity index (χ0) is 13.2. The molecule has 1 aromatic rings. The molecule has 6 heteroatoms. The number of hydrogen-bond acceptors (Lipinski definition) is 5. The van der Waals surface area contributed by atoms with Gasteiger partial charge in [-0.3, -0.25) is 4.79 Å². The molecule has 2 aliphatic heterocycles. The van der Waals surface area contributed by atoms with Gasteiger partial charge in [-0.1, -0.05) is 30.0 Å². The van der Waals surface area contributed by atoms with Crippen LogP contribution in [0.5, 0.6) is 5.75 Å². The van der Waals surface area contributed by atoms with E-state index in [4.69, 9.17) is 17.0 Å². The summed E-state index contributed by atoms with van der Waals surface area (Å²) in [6, 6.07) is 5.85. The molecule has 0 unspecified atom stereocenters. The highest BCUT2D eigenvalue weighted by Crippen LogP contribution is 2.31. The van der Waals surface area contributed by atoms with Gasteiger partial charge in [-0.25, -0.2) is 0 Å². The van der Waals surface area contributed by atoms with Gasteiger partial charge in [-0.05, 0) is 30.2 Å². The molecule has 1 fully saturated rings. The fraction of sp³-hybridized carbons (Fsp3) is 0.231. The van der Waals surface area contributed by atoms with E-state index < -0.39 is 0 Å². The van der Waals surface area contributed by atoms with Gasteiger partial charge in [-0.15, -0.1) is 0 Å². The molecule has 3 rings (SSSR count). The number of carbonyl (C=O) groups is 1. The van der Waals surface area contributed by atoms with Gasteiger partial charge < -0.3 is 15.4 Å². The van der Waals surface area contributed by atoms with E-state index in [-0.39, 0.29) is 5.91 Å². The highest BCUT2D eigenvalue weighted by Gasteiger charge is 2.22. The van der Waals surface area contributed by atoms with Crippen molar-refractivity contribution in [1.29, 1.82) is 0 Å². The molecule has 1 aromatic carbocycles. The second kappa shape index (κ2) is 5.22. The maximum atomic E-state index is 11.6. The van der Waals surface area contributed by atoms with Crippen LogP contribution < -0.4 is 15.4 Å². The Morgan fingerprint density at radius 3 is 3.11 bits per heavy atom. The van der Waals surface area contributed by atoms with Crippen LogP contribution in [0.4, 0.5) is 5.69 Å². The zero-order valence-electron chi connectivity index (χ0n) is 10.1. The molecule has 2 aliphatic rings. The average Bonchev–Trinajstić information content (AvgIpc) is 2.60. The average molecular weight is 292 g/mol. The molecule has 1 amide bonds. The van der Waals surface area contributed by atoms with Crippen molar-refractivity contribution in [2.75, 3.05) is 18.5 Å². The van der Waals surface area contributed by atoms with Gasteiger partial charge in [0.05, 0.1) is 17.2 Å². The summed E-state index contributed by atoms with van der Waals surface area (Å²) in [5.41, 5.74) is 1.93. The lowest BCUT2D eigenvalue weighted by molar-refractivity contribution is -0.115. The van der Waals surface area contributed by atoms with Gasteiger partial charge in [0.25, 0.3) is 5.91 Å². The lowest BCUT2D eigenvalue weighted by Crippen LogP contribution is -2.17. The molecule has 2 heterocycles. The summed E-state index contributed by atoms with van der Waals surface area (Å²) in [6.07, 6.45) is 2.82. The largest absolute Gasteiger partial charge is 0.491 e. The summed E-state index contributed by atoms with van der Waals surface area (Å²) in [5.74, 6) is 0.729. The molecule has 0 atom stereocenters. The van der Waals surface area contributed by atoms with Crippen molar-refractivity contribution >= 4 is 46.0 Å². The van der Waals surface area contributed by atoms with E-state index in [1.807, 2.05) is 24.3 Å². The van der Waals surface area contributed by atoms with Crippen LogP contribution in [0.3, 0.4) is 0 Å². The Kier molecular flexibility index (Phi) is 3.44. The van der Waals surface area contributed by atoms with Gasteiger partial charge in [0.1, 0.15) is 10.1 Å². The zero-order valence-corrected chi connectivity index (χ0v) is 11.7. The van der Waals surface area contributed by atoms with Crippen LogP contribution in [0.1, 0.15) is 12.0 Å². The molecule has 98 valence electrons. The standard InChI is InChI=1S/C13H12N2O2S2/c16-12-11(19-13(18)15-12)7-8-2-3-10-9(6-8)14-4-1-5-17-10/h2-3,6-7,14H,1,4-5H2,(H,15,16,18). The normalized spacial score (nSPS) is 20.3. The Morgan fingerprint density at radius 2 is 2.32 bits per heavy atom. The molecule has 0 radical (unpaired) electrons. The predicted molar refractivity (Wildman–Crippen MR) is 81.4 cm³/mol. The summed E-state index contributed by atoms with van der Waals surface area (Å²) < 4.78 is 6.13. The predicted octanol–water partition coefficient (Wildman–Crippen LogP) is 2.37. The van der Waals surface area contributed by atoms with Crippen molar-refractivity contribution in [1.82, 2.24) is 5.32 Å². The van der Waals surface area contributed by atoms with Crippen molar-refractivity contribution in [2.45, 2.75) is 6.42 Å². The molecular weight excluding hydrogens is 280 g/mol. The van der Waals surface area contributed by atoms with E-state index in [0.29, 0.717) is 9.23 Å². The molecule has 0 bridgehead atoms. The number of fused-ring (bicyclic) bond motifs is 1. The fourth-order valence-corrected chi connectivity index (χ4v) is 3.00. The third-order valence-electron chi connectivity index (χ3n) is 2.84. The van der Waals surface area contributed by atoms with E-state index in [0.717, 1.165) is 36.6 Å². The lowest BCUT2D eigenvalue weighted by atomic mass is 10.1. The van der Waals surface area contributed by atoms with Gasteiger partial charge in [-0.2, -0.15) is 0 Å². The van der Waals surface area contributed by atoms with Crippen molar-refractivity contribution in [3.8, 4) is 5.75 Å². The highest BCUT2D eigenvalue weighted by atomic mass is 32.2. The Labute approximate surface area is 120 Å². The number of ether oxygens (including phenoxy) is 1. The smallest absolute Gasteiger partial charge is 0.263 e. The maximum absolute atomic E-state index is 11.6. The molecule has 0 saturated carbocycles. The van der Waals surface area contributed by atoms with Crippen LogP contribution >= 0.6 is 24.0 Å². The maximum Gasteiger partial charge on any atom is 0.263 e. The van der Waals surface area contributed by atoms with E-state index in [9.17, 15) is 4.79 Å². The first kappa shape index (κ1) is 12.5. The molecule has 2 N–H and O–H groups in total. The second-order valence-electron chi connectivity index (χ2n) is 4.24. The van der Waals surface area contributed by atoms with Crippen molar-refractivity contribution in [3.05, 3.63) is 28.7 Å². The number of benzene rings is 1. The minimum absolute atomic E-state index is 0.130. The summed E-state index contributed by atoms with van der Waals surface area (Å²) >= 11 is 6.25. The van der Waals surface area contributed by atoms with Crippen LogP contribution in [-0.2, 0) is 4.79 Å². The van der Waals surface area contributed by atoms with Gasteiger partial charge in [0.2, 0.25) is 0 Å². The van der Waals surface area contributed by atoms with E-state index in [1.165, 1.54) is 11.8 Å². The number of anilines is 1. The Hall–Kier alpha value is -1.53.